The fourth-order valence-electron chi connectivity index (χ4n) is 2.26. The number of rotatable bonds is 7. The zero-order valence-corrected chi connectivity index (χ0v) is 14.6. The highest BCUT2D eigenvalue weighted by atomic mass is 19.4. The summed E-state index contributed by atoms with van der Waals surface area (Å²) in [7, 11) is 3.91. The summed E-state index contributed by atoms with van der Waals surface area (Å²) in [6.07, 6.45) is -2.16. The number of nitrogens with one attached hydrogen (secondary N) is 2. The normalized spacial score (nSPS) is 11.5. The van der Waals surface area contributed by atoms with Crippen molar-refractivity contribution >= 4 is 17.4 Å². The predicted octanol–water partition coefficient (Wildman–Crippen LogP) is 3.53. The Kier molecular flexibility index (Phi) is 6.57. The van der Waals surface area contributed by atoms with Crippen LogP contribution in [0.4, 0.5) is 24.7 Å². The lowest BCUT2D eigenvalue weighted by molar-refractivity contribution is -0.137. The number of anilines is 2. The van der Waals surface area contributed by atoms with Crippen molar-refractivity contribution in [3.05, 3.63) is 53.7 Å². The van der Waals surface area contributed by atoms with Crippen molar-refractivity contribution in [2.24, 2.45) is 0 Å². The smallest absolute Gasteiger partial charge is 0.352 e. The minimum absolute atomic E-state index is 0.246. The van der Waals surface area contributed by atoms with E-state index in [9.17, 15) is 18.0 Å². The van der Waals surface area contributed by atoms with E-state index in [1.807, 2.05) is 19.0 Å². The number of hydrogen-bond acceptors (Lipinski definition) is 4. The van der Waals surface area contributed by atoms with Gasteiger partial charge in [-0.2, -0.15) is 13.2 Å². The number of pyridine rings is 1. The lowest BCUT2D eigenvalue weighted by Crippen LogP contribution is -2.27. The van der Waals surface area contributed by atoms with Crippen molar-refractivity contribution in [1.82, 2.24) is 15.2 Å². The molecule has 1 amide bonds. The van der Waals surface area contributed by atoms with E-state index in [0.717, 1.165) is 25.1 Å². The molecular weight excluding hydrogens is 345 g/mol. The minimum Gasteiger partial charge on any atom is -0.352 e. The molecule has 0 saturated heterocycles. The second-order valence-electron chi connectivity index (χ2n) is 6.05. The van der Waals surface area contributed by atoms with Gasteiger partial charge in [0.25, 0.3) is 5.91 Å². The van der Waals surface area contributed by atoms with Crippen molar-refractivity contribution < 1.29 is 18.0 Å². The van der Waals surface area contributed by atoms with E-state index in [2.05, 4.69) is 15.6 Å². The molecule has 0 spiro atoms. The number of nitrogens with zero attached hydrogens (tertiary/aromatic N) is 2. The second-order valence-corrected chi connectivity index (χ2v) is 6.05. The summed E-state index contributed by atoms with van der Waals surface area (Å²) in [6.45, 7) is 1.40. The van der Waals surface area contributed by atoms with Gasteiger partial charge in [0.15, 0.2) is 0 Å². The summed E-state index contributed by atoms with van der Waals surface area (Å²) >= 11 is 0. The Balaban J connectivity index is 2.02. The molecule has 0 fully saturated rings. The molecule has 0 saturated carbocycles. The van der Waals surface area contributed by atoms with Gasteiger partial charge < -0.3 is 15.5 Å². The SMILES string of the molecule is CN(C)CCCNC(=O)c1ccnc(Nc2cccc(C(F)(F)F)c2)c1. The Labute approximate surface area is 150 Å². The summed E-state index contributed by atoms with van der Waals surface area (Å²) in [5.74, 6) is 0.0449. The van der Waals surface area contributed by atoms with Crippen LogP contribution in [-0.2, 0) is 6.18 Å². The van der Waals surface area contributed by atoms with E-state index in [4.69, 9.17) is 0 Å². The molecule has 140 valence electrons. The third-order valence-electron chi connectivity index (χ3n) is 3.55. The fourth-order valence-corrected chi connectivity index (χ4v) is 2.26. The topological polar surface area (TPSA) is 57.3 Å². The van der Waals surface area contributed by atoms with Crippen LogP contribution < -0.4 is 10.6 Å². The van der Waals surface area contributed by atoms with Gasteiger partial charge >= 0.3 is 6.18 Å². The summed E-state index contributed by atoms with van der Waals surface area (Å²) in [5, 5.41) is 5.60. The van der Waals surface area contributed by atoms with Crippen LogP contribution in [-0.4, -0.2) is 43.0 Å². The summed E-state index contributed by atoms with van der Waals surface area (Å²) in [6, 6.07) is 7.86. The maximum absolute atomic E-state index is 12.8. The monoisotopic (exact) mass is 366 g/mol. The molecule has 26 heavy (non-hydrogen) atoms. The van der Waals surface area contributed by atoms with Crippen LogP contribution in [0.25, 0.3) is 0 Å². The van der Waals surface area contributed by atoms with Gasteiger partial charge in [-0.1, -0.05) is 6.07 Å². The zero-order chi connectivity index (χ0) is 19.2. The number of hydrogen-bond donors (Lipinski definition) is 2. The van der Waals surface area contributed by atoms with Crippen molar-refractivity contribution in [2.75, 3.05) is 32.5 Å². The number of amides is 1. The maximum atomic E-state index is 12.8. The summed E-state index contributed by atoms with van der Waals surface area (Å²) in [4.78, 5) is 18.2. The van der Waals surface area contributed by atoms with E-state index in [0.29, 0.717) is 17.9 Å². The van der Waals surface area contributed by atoms with Crippen molar-refractivity contribution in [3.63, 3.8) is 0 Å². The highest BCUT2D eigenvalue weighted by Gasteiger charge is 2.30. The number of carbonyl (C=O) groups excluding carboxylic acids is 1. The molecule has 2 rings (SSSR count). The Hall–Kier alpha value is -2.61. The molecule has 0 aliphatic carbocycles. The van der Waals surface area contributed by atoms with Gasteiger partial charge in [-0.3, -0.25) is 4.79 Å². The first-order valence-electron chi connectivity index (χ1n) is 8.09. The number of aromatic nitrogens is 1. The number of halogens is 3. The van der Waals surface area contributed by atoms with Gasteiger partial charge in [0.1, 0.15) is 5.82 Å². The Morgan fingerprint density at radius 1 is 1.19 bits per heavy atom. The number of carbonyl (C=O) groups is 1. The molecule has 1 heterocycles. The van der Waals surface area contributed by atoms with Gasteiger partial charge in [-0.15, -0.1) is 0 Å². The molecule has 0 unspecified atom stereocenters. The van der Waals surface area contributed by atoms with Crippen LogP contribution in [0.2, 0.25) is 0 Å². The van der Waals surface area contributed by atoms with E-state index in [1.54, 1.807) is 6.07 Å². The van der Waals surface area contributed by atoms with Crippen molar-refractivity contribution in [3.8, 4) is 0 Å². The van der Waals surface area contributed by atoms with Crippen molar-refractivity contribution in [1.29, 1.82) is 0 Å². The van der Waals surface area contributed by atoms with Crippen LogP contribution in [0.5, 0.6) is 0 Å². The first-order valence-corrected chi connectivity index (χ1v) is 8.09. The van der Waals surface area contributed by atoms with Crippen LogP contribution in [0.1, 0.15) is 22.3 Å². The fraction of sp³-hybridized carbons (Fsp3) is 0.333. The zero-order valence-electron chi connectivity index (χ0n) is 14.6. The summed E-state index contributed by atoms with van der Waals surface area (Å²) in [5.41, 5.74) is -0.118. The van der Waals surface area contributed by atoms with Gasteiger partial charge in [0.05, 0.1) is 5.56 Å². The first kappa shape index (κ1) is 19.7. The third kappa shape index (κ3) is 6.03. The Morgan fingerprint density at radius 2 is 1.96 bits per heavy atom. The molecule has 0 radical (unpaired) electrons. The van der Waals surface area contributed by atoms with Gasteiger partial charge in [0.2, 0.25) is 0 Å². The summed E-state index contributed by atoms with van der Waals surface area (Å²) < 4.78 is 38.3. The predicted molar refractivity (Wildman–Crippen MR) is 94.5 cm³/mol. The molecule has 2 aromatic rings. The second kappa shape index (κ2) is 8.66. The molecule has 2 N–H and O–H groups in total. The standard InChI is InChI=1S/C18H21F3N4O/c1-25(2)10-4-8-23-17(26)13-7-9-22-16(11-13)24-15-6-3-5-14(12-15)18(19,20)21/h3,5-7,9,11-12H,4,8,10H2,1-2H3,(H,22,24)(H,23,26). The average molecular weight is 366 g/mol. The van der Waals surface area contributed by atoms with Crippen LogP contribution in [0.3, 0.4) is 0 Å². The van der Waals surface area contributed by atoms with Gasteiger partial charge in [-0.05, 0) is 57.4 Å². The minimum atomic E-state index is -4.42. The lowest BCUT2D eigenvalue weighted by atomic mass is 10.2. The van der Waals surface area contributed by atoms with E-state index < -0.39 is 11.7 Å². The Bertz CT molecular complexity index is 747. The molecule has 5 nitrogen and oxygen atoms in total. The average Bonchev–Trinajstić information content (AvgIpc) is 2.58. The molecule has 0 bridgehead atoms. The van der Waals surface area contributed by atoms with Gasteiger partial charge in [0, 0.05) is 24.0 Å². The quantitative estimate of drug-likeness (QED) is 0.736. The van der Waals surface area contributed by atoms with Crippen LogP contribution >= 0.6 is 0 Å². The molecule has 1 aromatic carbocycles. The van der Waals surface area contributed by atoms with E-state index in [1.165, 1.54) is 24.4 Å². The molecule has 0 aliphatic rings. The highest BCUT2D eigenvalue weighted by molar-refractivity contribution is 5.94. The number of benzene rings is 1. The molecular formula is C18H21F3N4O. The van der Waals surface area contributed by atoms with Gasteiger partial charge in [-0.25, -0.2) is 4.98 Å². The van der Waals surface area contributed by atoms with Crippen molar-refractivity contribution in [2.45, 2.75) is 12.6 Å². The van der Waals surface area contributed by atoms with E-state index >= 15 is 0 Å². The van der Waals surface area contributed by atoms with Crippen LogP contribution in [0.15, 0.2) is 42.6 Å². The molecule has 1 aromatic heterocycles. The maximum Gasteiger partial charge on any atom is 0.416 e. The largest absolute Gasteiger partial charge is 0.416 e. The highest BCUT2D eigenvalue weighted by Crippen LogP contribution is 2.31. The third-order valence-corrected chi connectivity index (χ3v) is 3.55. The molecule has 0 aliphatic heterocycles. The van der Waals surface area contributed by atoms with E-state index in [-0.39, 0.29) is 11.6 Å². The first-order chi connectivity index (χ1) is 12.3. The molecule has 0 atom stereocenters. The lowest BCUT2D eigenvalue weighted by Gasteiger charge is -2.12. The Morgan fingerprint density at radius 3 is 2.65 bits per heavy atom. The number of alkyl halides is 3. The van der Waals surface area contributed by atoms with Crippen LogP contribution in [0, 0.1) is 0 Å². The molecule has 8 heteroatoms.